The van der Waals surface area contributed by atoms with Gasteiger partial charge in [-0.3, -0.25) is 0 Å². The van der Waals surface area contributed by atoms with Gasteiger partial charge in [-0.2, -0.15) is 0 Å². The highest BCUT2D eigenvalue weighted by Gasteiger charge is 2.09. The van der Waals surface area contributed by atoms with Crippen molar-refractivity contribution >= 4 is 17.3 Å². The molecule has 1 saturated heterocycles. The van der Waals surface area contributed by atoms with Gasteiger partial charge in [-0.1, -0.05) is 11.6 Å². The van der Waals surface area contributed by atoms with Crippen LogP contribution >= 0.6 is 11.6 Å². The number of rotatable bonds is 2. The number of benzene rings is 1. The second-order valence-corrected chi connectivity index (χ2v) is 3.88. The Morgan fingerprint density at radius 3 is 2.73 bits per heavy atom. The Kier molecular flexibility index (Phi) is 3.41. The zero-order valence-corrected chi connectivity index (χ0v) is 9.02. The Morgan fingerprint density at radius 1 is 1.33 bits per heavy atom. The first-order valence-corrected chi connectivity index (χ1v) is 5.31. The van der Waals surface area contributed by atoms with Crippen molar-refractivity contribution < 1.29 is 4.39 Å². The maximum Gasteiger partial charge on any atom is 0.141 e. The molecule has 5 heteroatoms. The Hall–Kier alpha value is -0.840. The molecule has 0 bridgehead atoms. The molecule has 0 spiro atoms. The molecule has 0 amide bonds. The molecule has 3 nitrogen and oxygen atoms in total. The van der Waals surface area contributed by atoms with E-state index in [1.165, 1.54) is 6.07 Å². The highest BCUT2D eigenvalue weighted by molar-refractivity contribution is 6.31. The molecule has 1 aliphatic heterocycles. The Morgan fingerprint density at radius 2 is 2.07 bits per heavy atom. The van der Waals surface area contributed by atoms with Crippen LogP contribution in [0.3, 0.4) is 0 Å². The van der Waals surface area contributed by atoms with Crippen molar-refractivity contribution in [2.75, 3.05) is 31.6 Å². The van der Waals surface area contributed by atoms with Gasteiger partial charge >= 0.3 is 0 Å². The van der Waals surface area contributed by atoms with E-state index in [1.54, 1.807) is 12.1 Å². The van der Waals surface area contributed by atoms with Crippen molar-refractivity contribution in [3.63, 3.8) is 0 Å². The van der Waals surface area contributed by atoms with E-state index in [2.05, 4.69) is 15.8 Å². The number of hydrogen-bond acceptors (Lipinski definition) is 3. The van der Waals surface area contributed by atoms with Gasteiger partial charge in [0.15, 0.2) is 0 Å². The number of nitrogens with one attached hydrogen (secondary N) is 2. The molecule has 82 valence electrons. The minimum absolute atomic E-state index is 0.148. The topological polar surface area (TPSA) is 27.3 Å². The van der Waals surface area contributed by atoms with Gasteiger partial charge < -0.3 is 10.7 Å². The summed E-state index contributed by atoms with van der Waals surface area (Å²) in [4.78, 5) is 0. The van der Waals surface area contributed by atoms with Crippen molar-refractivity contribution in [2.24, 2.45) is 0 Å². The molecule has 1 heterocycles. The van der Waals surface area contributed by atoms with E-state index in [4.69, 9.17) is 11.6 Å². The standard InChI is InChI=1S/C10H13ClFN3/c11-9-7-8(1-2-10(9)12)14-15-5-3-13-4-6-15/h1-2,7,13-14H,3-6H2. The molecule has 0 unspecified atom stereocenters. The molecular weight excluding hydrogens is 217 g/mol. The number of piperazine rings is 1. The van der Waals surface area contributed by atoms with Gasteiger partial charge in [0, 0.05) is 26.2 Å². The molecule has 15 heavy (non-hydrogen) atoms. The lowest BCUT2D eigenvalue weighted by molar-refractivity contribution is 0.287. The van der Waals surface area contributed by atoms with Gasteiger partial charge in [0.2, 0.25) is 0 Å². The lowest BCUT2D eigenvalue weighted by Gasteiger charge is -2.28. The summed E-state index contributed by atoms with van der Waals surface area (Å²) in [6, 6.07) is 4.65. The summed E-state index contributed by atoms with van der Waals surface area (Å²) in [6.45, 7) is 3.77. The Bertz CT molecular complexity index is 339. The number of halogens is 2. The number of hydrogen-bond donors (Lipinski definition) is 2. The average Bonchev–Trinajstić information content (AvgIpc) is 2.25. The van der Waals surface area contributed by atoms with Gasteiger partial charge in [0.05, 0.1) is 10.7 Å². The lowest BCUT2D eigenvalue weighted by atomic mass is 10.3. The fraction of sp³-hybridized carbons (Fsp3) is 0.400. The van der Waals surface area contributed by atoms with Crippen LogP contribution in [0.5, 0.6) is 0 Å². The third-order valence-electron chi connectivity index (χ3n) is 2.32. The van der Waals surface area contributed by atoms with Crippen molar-refractivity contribution in [1.82, 2.24) is 10.3 Å². The van der Waals surface area contributed by atoms with E-state index in [-0.39, 0.29) is 10.8 Å². The summed E-state index contributed by atoms with van der Waals surface area (Å²) in [7, 11) is 0. The van der Waals surface area contributed by atoms with Crippen LogP contribution in [0.2, 0.25) is 5.02 Å². The van der Waals surface area contributed by atoms with E-state index in [1.807, 2.05) is 0 Å². The number of nitrogens with zero attached hydrogens (tertiary/aromatic N) is 1. The van der Waals surface area contributed by atoms with Crippen LogP contribution in [0, 0.1) is 5.82 Å². The molecular formula is C10H13ClFN3. The molecule has 1 aromatic rings. The lowest BCUT2D eigenvalue weighted by Crippen LogP contribution is -2.46. The molecule has 1 aromatic carbocycles. The smallest absolute Gasteiger partial charge is 0.141 e. The van der Waals surface area contributed by atoms with Gasteiger partial charge in [0.25, 0.3) is 0 Å². The Labute approximate surface area is 93.2 Å². The van der Waals surface area contributed by atoms with E-state index in [0.717, 1.165) is 31.9 Å². The molecule has 0 atom stereocenters. The molecule has 0 saturated carbocycles. The molecule has 1 fully saturated rings. The average molecular weight is 230 g/mol. The van der Waals surface area contributed by atoms with Crippen LogP contribution < -0.4 is 10.7 Å². The first kappa shape index (κ1) is 10.7. The van der Waals surface area contributed by atoms with Crippen LogP contribution in [-0.4, -0.2) is 31.2 Å². The van der Waals surface area contributed by atoms with Crippen molar-refractivity contribution in [1.29, 1.82) is 0 Å². The molecule has 2 rings (SSSR count). The van der Waals surface area contributed by atoms with Gasteiger partial charge in [-0.25, -0.2) is 9.40 Å². The third kappa shape index (κ3) is 2.81. The SMILES string of the molecule is Fc1ccc(NN2CCNCC2)cc1Cl. The summed E-state index contributed by atoms with van der Waals surface area (Å²) >= 11 is 5.69. The summed E-state index contributed by atoms with van der Waals surface area (Å²) in [5, 5.41) is 5.48. The van der Waals surface area contributed by atoms with Gasteiger partial charge in [-0.05, 0) is 18.2 Å². The summed E-state index contributed by atoms with van der Waals surface area (Å²) in [5.41, 5.74) is 4.01. The number of anilines is 1. The first-order chi connectivity index (χ1) is 7.25. The van der Waals surface area contributed by atoms with Gasteiger partial charge in [0.1, 0.15) is 5.82 Å². The second kappa shape index (κ2) is 4.79. The van der Waals surface area contributed by atoms with Crippen LogP contribution in [0.15, 0.2) is 18.2 Å². The van der Waals surface area contributed by atoms with Crippen LogP contribution in [-0.2, 0) is 0 Å². The molecule has 1 aliphatic rings. The van der Waals surface area contributed by atoms with E-state index >= 15 is 0 Å². The molecule has 0 radical (unpaired) electrons. The first-order valence-electron chi connectivity index (χ1n) is 4.93. The van der Waals surface area contributed by atoms with Crippen LogP contribution in [0.25, 0.3) is 0 Å². The third-order valence-corrected chi connectivity index (χ3v) is 2.61. The van der Waals surface area contributed by atoms with E-state index in [9.17, 15) is 4.39 Å². The van der Waals surface area contributed by atoms with Crippen molar-refractivity contribution in [3.05, 3.63) is 29.0 Å². The maximum absolute atomic E-state index is 12.9. The van der Waals surface area contributed by atoms with Crippen molar-refractivity contribution in [2.45, 2.75) is 0 Å². The predicted molar refractivity (Wildman–Crippen MR) is 59.5 cm³/mol. The largest absolute Gasteiger partial charge is 0.319 e. The van der Waals surface area contributed by atoms with E-state index < -0.39 is 0 Å². The summed E-state index contributed by atoms with van der Waals surface area (Å²) in [5.74, 6) is -0.387. The maximum atomic E-state index is 12.9. The highest BCUT2D eigenvalue weighted by atomic mass is 35.5. The van der Waals surface area contributed by atoms with Crippen molar-refractivity contribution in [3.8, 4) is 0 Å². The number of hydrazine groups is 1. The highest BCUT2D eigenvalue weighted by Crippen LogP contribution is 2.19. The Balaban J connectivity index is 2.00. The van der Waals surface area contributed by atoms with Crippen LogP contribution in [0.1, 0.15) is 0 Å². The predicted octanol–water partition coefficient (Wildman–Crippen LogP) is 1.71. The van der Waals surface area contributed by atoms with Gasteiger partial charge in [-0.15, -0.1) is 0 Å². The summed E-state index contributed by atoms with van der Waals surface area (Å²) in [6.07, 6.45) is 0. The minimum Gasteiger partial charge on any atom is -0.319 e. The monoisotopic (exact) mass is 229 g/mol. The summed E-state index contributed by atoms with van der Waals surface area (Å²) < 4.78 is 12.9. The quantitative estimate of drug-likeness (QED) is 0.809. The molecule has 0 aromatic heterocycles. The van der Waals surface area contributed by atoms with Crippen LogP contribution in [0.4, 0.5) is 10.1 Å². The fourth-order valence-corrected chi connectivity index (χ4v) is 1.71. The molecule has 0 aliphatic carbocycles. The molecule has 2 N–H and O–H groups in total. The van der Waals surface area contributed by atoms with E-state index in [0.29, 0.717) is 0 Å². The minimum atomic E-state index is -0.387. The normalized spacial score (nSPS) is 17.7. The second-order valence-electron chi connectivity index (χ2n) is 3.48. The zero-order chi connectivity index (χ0) is 10.7. The zero-order valence-electron chi connectivity index (χ0n) is 8.26. The fourth-order valence-electron chi connectivity index (χ4n) is 1.52.